The van der Waals surface area contributed by atoms with Gasteiger partial charge >= 0.3 is 0 Å². The van der Waals surface area contributed by atoms with E-state index in [1.165, 1.54) is 68.9 Å². The molecule has 128 valence electrons. The summed E-state index contributed by atoms with van der Waals surface area (Å²) >= 11 is 0. The van der Waals surface area contributed by atoms with Crippen LogP contribution in [-0.2, 0) is 0 Å². The molecule has 0 aliphatic heterocycles. The van der Waals surface area contributed by atoms with Crippen molar-refractivity contribution in [3.05, 3.63) is 54.1 Å². The van der Waals surface area contributed by atoms with Crippen molar-refractivity contribution in [3.8, 4) is 0 Å². The van der Waals surface area contributed by atoms with E-state index in [0.717, 1.165) is 17.8 Å². The van der Waals surface area contributed by atoms with Gasteiger partial charge in [-0.3, -0.25) is 0 Å². The molecular weight excluding hydrogens is 288 g/mol. The largest absolute Gasteiger partial charge is 0.0955 e. The molecule has 0 heteroatoms. The lowest BCUT2D eigenvalue weighted by atomic mass is 9.53. The predicted octanol–water partition coefficient (Wildman–Crippen LogP) is 7.13. The van der Waals surface area contributed by atoms with Crippen LogP contribution >= 0.6 is 0 Å². The SMILES string of the molecule is C=C(C)c1ccc(C2CCC3(C4CCCC4)CC=CCC3C2)cc1. The van der Waals surface area contributed by atoms with Gasteiger partial charge in [-0.2, -0.15) is 0 Å². The molecule has 3 aliphatic carbocycles. The average molecular weight is 321 g/mol. The Morgan fingerprint density at radius 3 is 2.46 bits per heavy atom. The molecule has 0 nitrogen and oxygen atoms in total. The Morgan fingerprint density at radius 1 is 1.00 bits per heavy atom. The lowest BCUT2D eigenvalue weighted by Crippen LogP contribution is -2.42. The zero-order chi connectivity index (χ0) is 16.6. The van der Waals surface area contributed by atoms with Crippen LogP contribution < -0.4 is 0 Å². The fourth-order valence-electron chi connectivity index (χ4n) is 6.05. The maximum atomic E-state index is 4.07. The lowest BCUT2D eigenvalue weighted by molar-refractivity contribution is 0.0158. The molecule has 0 amide bonds. The highest BCUT2D eigenvalue weighted by Crippen LogP contribution is 2.59. The van der Waals surface area contributed by atoms with Crippen molar-refractivity contribution < 1.29 is 0 Å². The second kappa shape index (κ2) is 6.54. The lowest BCUT2D eigenvalue weighted by Gasteiger charge is -2.52. The Labute approximate surface area is 148 Å². The Hall–Kier alpha value is -1.30. The molecule has 0 aromatic heterocycles. The van der Waals surface area contributed by atoms with Crippen LogP contribution in [0.3, 0.4) is 0 Å². The minimum atomic E-state index is 0.652. The molecule has 2 saturated carbocycles. The highest BCUT2D eigenvalue weighted by molar-refractivity contribution is 5.61. The van der Waals surface area contributed by atoms with E-state index in [0.29, 0.717) is 5.41 Å². The number of allylic oxidation sites excluding steroid dienone is 3. The van der Waals surface area contributed by atoms with Crippen molar-refractivity contribution in [3.63, 3.8) is 0 Å². The summed E-state index contributed by atoms with van der Waals surface area (Å²) in [5.41, 5.74) is 4.67. The van der Waals surface area contributed by atoms with Crippen LogP contribution in [0.2, 0.25) is 0 Å². The van der Waals surface area contributed by atoms with E-state index in [2.05, 4.69) is 49.9 Å². The summed E-state index contributed by atoms with van der Waals surface area (Å²) in [6, 6.07) is 9.29. The van der Waals surface area contributed by atoms with E-state index < -0.39 is 0 Å². The van der Waals surface area contributed by atoms with Gasteiger partial charge in [-0.25, -0.2) is 0 Å². The van der Waals surface area contributed by atoms with Crippen molar-refractivity contribution in [2.45, 2.75) is 70.6 Å². The van der Waals surface area contributed by atoms with Crippen LogP contribution in [0.1, 0.15) is 81.8 Å². The summed E-state index contributed by atoms with van der Waals surface area (Å²) in [6.45, 7) is 6.16. The molecule has 1 aromatic carbocycles. The van der Waals surface area contributed by atoms with Gasteiger partial charge in [0.15, 0.2) is 0 Å². The van der Waals surface area contributed by atoms with Crippen molar-refractivity contribution in [2.75, 3.05) is 0 Å². The highest BCUT2D eigenvalue weighted by atomic mass is 14.5. The second-order valence-electron chi connectivity index (χ2n) is 8.70. The zero-order valence-electron chi connectivity index (χ0n) is 15.3. The summed E-state index contributed by atoms with van der Waals surface area (Å²) in [5.74, 6) is 2.71. The Balaban J connectivity index is 1.54. The van der Waals surface area contributed by atoms with Crippen molar-refractivity contribution in [1.29, 1.82) is 0 Å². The molecular formula is C24H32. The first-order valence-corrected chi connectivity index (χ1v) is 10.1. The van der Waals surface area contributed by atoms with E-state index in [9.17, 15) is 0 Å². The normalized spacial score (nSPS) is 33.4. The molecule has 0 saturated heterocycles. The molecule has 24 heavy (non-hydrogen) atoms. The Kier molecular flexibility index (Phi) is 4.41. The van der Waals surface area contributed by atoms with Gasteiger partial charge in [0.1, 0.15) is 0 Å². The van der Waals surface area contributed by atoms with E-state index in [1.807, 2.05) is 0 Å². The van der Waals surface area contributed by atoms with E-state index in [-0.39, 0.29) is 0 Å². The Morgan fingerprint density at radius 2 is 1.75 bits per heavy atom. The topological polar surface area (TPSA) is 0 Å². The fraction of sp³-hybridized carbons (Fsp3) is 0.583. The third-order valence-corrected chi connectivity index (χ3v) is 7.47. The van der Waals surface area contributed by atoms with Gasteiger partial charge in [0.2, 0.25) is 0 Å². The smallest absolute Gasteiger partial charge is 0.0159 e. The van der Waals surface area contributed by atoms with Crippen molar-refractivity contribution in [1.82, 2.24) is 0 Å². The molecule has 0 N–H and O–H groups in total. The summed E-state index contributed by atoms with van der Waals surface area (Å²) in [7, 11) is 0. The molecule has 0 bridgehead atoms. The van der Waals surface area contributed by atoms with E-state index in [1.54, 1.807) is 5.56 Å². The quantitative estimate of drug-likeness (QED) is 0.520. The first kappa shape index (κ1) is 16.2. The predicted molar refractivity (Wildman–Crippen MR) is 104 cm³/mol. The van der Waals surface area contributed by atoms with Crippen LogP contribution in [0.25, 0.3) is 5.57 Å². The van der Waals surface area contributed by atoms with Crippen LogP contribution in [0.5, 0.6) is 0 Å². The maximum Gasteiger partial charge on any atom is -0.0159 e. The summed E-state index contributed by atoms with van der Waals surface area (Å²) < 4.78 is 0. The molecule has 4 rings (SSSR count). The molecule has 3 aliphatic rings. The van der Waals surface area contributed by atoms with Gasteiger partial charge in [0.05, 0.1) is 0 Å². The number of benzene rings is 1. The minimum Gasteiger partial charge on any atom is -0.0955 e. The fourth-order valence-corrected chi connectivity index (χ4v) is 6.05. The molecule has 3 unspecified atom stereocenters. The molecule has 0 heterocycles. The Bertz CT molecular complexity index is 614. The third-order valence-electron chi connectivity index (χ3n) is 7.47. The number of hydrogen-bond donors (Lipinski definition) is 0. The summed E-state index contributed by atoms with van der Waals surface area (Å²) in [5, 5.41) is 0. The number of fused-ring (bicyclic) bond motifs is 1. The van der Waals surface area contributed by atoms with Crippen molar-refractivity contribution in [2.24, 2.45) is 17.3 Å². The van der Waals surface area contributed by atoms with Gasteiger partial charge in [-0.1, -0.05) is 61.4 Å². The number of hydrogen-bond acceptors (Lipinski definition) is 0. The van der Waals surface area contributed by atoms with Gasteiger partial charge in [0.25, 0.3) is 0 Å². The molecule has 2 fully saturated rings. The van der Waals surface area contributed by atoms with Crippen LogP contribution in [0.4, 0.5) is 0 Å². The number of rotatable bonds is 3. The van der Waals surface area contributed by atoms with Gasteiger partial charge in [-0.15, -0.1) is 0 Å². The van der Waals surface area contributed by atoms with Crippen LogP contribution in [-0.4, -0.2) is 0 Å². The van der Waals surface area contributed by atoms with Gasteiger partial charge in [0, 0.05) is 0 Å². The molecule has 1 aromatic rings. The van der Waals surface area contributed by atoms with Crippen molar-refractivity contribution >= 4 is 5.57 Å². The average Bonchev–Trinajstić information content (AvgIpc) is 3.16. The molecule has 0 radical (unpaired) electrons. The van der Waals surface area contributed by atoms with Gasteiger partial charge < -0.3 is 0 Å². The third kappa shape index (κ3) is 2.79. The van der Waals surface area contributed by atoms with Gasteiger partial charge in [-0.05, 0) is 86.2 Å². The van der Waals surface area contributed by atoms with Crippen LogP contribution in [0.15, 0.2) is 43.0 Å². The first-order valence-electron chi connectivity index (χ1n) is 10.1. The van der Waals surface area contributed by atoms with E-state index in [4.69, 9.17) is 0 Å². The van der Waals surface area contributed by atoms with E-state index >= 15 is 0 Å². The molecule has 3 atom stereocenters. The van der Waals surface area contributed by atoms with Crippen LogP contribution in [0, 0.1) is 17.3 Å². The monoisotopic (exact) mass is 320 g/mol. The zero-order valence-corrected chi connectivity index (χ0v) is 15.3. The standard InChI is InChI=1S/C24H32/c1-18(2)19-10-12-20(13-11-19)21-14-16-24(22-7-3-4-8-22)15-6-5-9-23(24)17-21/h5-6,10-13,21-23H,1,3-4,7-9,14-17H2,2H3. The minimum absolute atomic E-state index is 0.652. The second-order valence-corrected chi connectivity index (χ2v) is 8.70. The highest BCUT2D eigenvalue weighted by Gasteiger charge is 2.48. The molecule has 0 spiro atoms. The summed E-state index contributed by atoms with van der Waals surface area (Å²) in [4.78, 5) is 0. The summed E-state index contributed by atoms with van der Waals surface area (Å²) in [6.07, 6.45) is 17.9. The first-order chi connectivity index (χ1) is 11.7. The maximum absolute atomic E-state index is 4.07.